The summed E-state index contributed by atoms with van der Waals surface area (Å²) in [5, 5.41) is 4.79. The van der Waals surface area contributed by atoms with E-state index in [1.165, 1.54) is 18.9 Å². The first-order valence-electron chi connectivity index (χ1n) is 8.06. The summed E-state index contributed by atoms with van der Waals surface area (Å²) in [6.45, 7) is 2.63. The van der Waals surface area contributed by atoms with Gasteiger partial charge < -0.3 is 5.73 Å². The molecule has 5 heteroatoms. The van der Waals surface area contributed by atoms with Gasteiger partial charge in [0.25, 0.3) is 0 Å². The van der Waals surface area contributed by atoms with E-state index in [9.17, 15) is 4.39 Å². The number of hydrogen-bond donors (Lipinski definition) is 1. The first kappa shape index (κ1) is 13.9. The molecule has 0 spiro atoms. The molecule has 4 nitrogen and oxygen atoms in total. The predicted molar refractivity (Wildman–Crippen MR) is 82.8 cm³/mol. The van der Waals surface area contributed by atoms with Crippen LogP contribution in [0.4, 0.5) is 4.39 Å². The third kappa shape index (κ3) is 2.54. The van der Waals surface area contributed by atoms with Crippen molar-refractivity contribution >= 4 is 0 Å². The second kappa shape index (κ2) is 5.16. The molecule has 2 aromatic rings. The van der Waals surface area contributed by atoms with Crippen LogP contribution in [0.5, 0.6) is 0 Å². The minimum absolute atomic E-state index is 0.257. The molecule has 0 bridgehead atoms. The molecule has 2 fully saturated rings. The maximum Gasteiger partial charge on any atom is 0.144 e. The smallest absolute Gasteiger partial charge is 0.144 e. The normalized spacial score (nSPS) is 24.3. The third-order valence-corrected chi connectivity index (χ3v) is 4.77. The molecule has 2 aliphatic carbocycles. The Hall–Kier alpha value is -1.75. The van der Waals surface area contributed by atoms with Crippen molar-refractivity contribution in [3.63, 3.8) is 0 Å². The number of rotatable bonds is 4. The SMILES string of the molecule is Cc1nc(-c2cn(CC3CC(N)C3)nc2C2CC2)ccc1F. The van der Waals surface area contributed by atoms with Crippen molar-refractivity contribution in [2.24, 2.45) is 11.7 Å². The summed E-state index contributed by atoms with van der Waals surface area (Å²) >= 11 is 0. The molecule has 2 N–H and O–H groups in total. The molecule has 2 heterocycles. The summed E-state index contributed by atoms with van der Waals surface area (Å²) in [6.07, 6.45) is 6.64. The lowest BCUT2D eigenvalue weighted by Crippen LogP contribution is -2.38. The van der Waals surface area contributed by atoms with Crippen LogP contribution >= 0.6 is 0 Å². The Kier molecular flexibility index (Phi) is 3.26. The summed E-state index contributed by atoms with van der Waals surface area (Å²) < 4.78 is 15.5. The fourth-order valence-corrected chi connectivity index (χ4v) is 3.28. The van der Waals surface area contributed by atoms with Crippen molar-refractivity contribution in [1.29, 1.82) is 0 Å². The maximum absolute atomic E-state index is 13.5. The zero-order valence-corrected chi connectivity index (χ0v) is 12.8. The van der Waals surface area contributed by atoms with Crippen LogP contribution in [0.15, 0.2) is 18.3 Å². The first-order valence-corrected chi connectivity index (χ1v) is 8.06. The molecule has 2 saturated carbocycles. The van der Waals surface area contributed by atoms with Gasteiger partial charge in [-0.05, 0) is 50.7 Å². The van der Waals surface area contributed by atoms with E-state index < -0.39 is 0 Å². The molecule has 0 aromatic carbocycles. The van der Waals surface area contributed by atoms with E-state index in [-0.39, 0.29) is 5.82 Å². The van der Waals surface area contributed by atoms with E-state index in [1.54, 1.807) is 13.0 Å². The van der Waals surface area contributed by atoms with Gasteiger partial charge >= 0.3 is 0 Å². The number of nitrogens with two attached hydrogens (primary N) is 1. The number of aryl methyl sites for hydroxylation is 1. The van der Waals surface area contributed by atoms with Crippen molar-refractivity contribution in [1.82, 2.24) is 14.8 Å². The molecule has 0 atom stereocenters. The standard InChI is InChI=1S/C17H21FN4/c1-10-15(18)4-5-16(20-10)14-9-22(8-11-6-13(19)7-11)21-17(14)12-2-3-12/h4-5,9,11-13H,2-3,6-8,19H2,1H3. The maximum atomic E-state index is 13.5. The van der Waals surface area contributed by atoms with E-state index in [1.807, 2.05) is 4.68 Å². The molecule has 116 valence electrons. The van der Waals surface area contributed by atoms with Gasteiger partial charge in [0, 0.05) is 30.3 Å². The van der Waals surface area contributed by atoms with Gasteiger partial charge in [-0.25, -0.2) is 9.37 Å². The van der Waals surface area contributed by atoms with Crippen LogP contribution < -0.4 is 5.73 Å². The molecule has 0 saturated heterocycles. The van der Waals surface area contributed by atoms with Crippen LogP contribution in [0.1, 0.15) is 43.0 Å². The van der Waals surface area contributed by atoms with Gasteiger partial charge in [-0.15, -0.1) is 0 Å². The highest BCUT2D eigenvalue weighted by atomic mass is 19.1. The second-order valence-corrected chi connectivity index (χ2v) is 6.79. The first-order chi connectivity index (χ1) is 10.6. The lowest BCUT2D eigenvalue weighted by molar-refractivity contribution is 0.227. The van der Waals surface area contributed by atoms with Crippen molar-refractivity contribution in [3.05, 3.63) is 35.5 Å². The predicted octanol–water partition coefficient (Wildman–Crippen LogP) is 3.01. The van der Waals surface area contributed by atoms with Crippen molar-refractivity contribution in [2.75, 3.05) is 0 Å². The summed E-state index contributed by atoms with van der Waals surface area (Å²) in [7, 11) is 0. The quantitative estimate of drug-likeness (QED) is 0.944. The zero-order chi connectivity index (χ0) is 15.3. The monoisotopic (exact) mass is 300 g/mol. The summed E-state index contributed by atoms with van der Waals surface area (Å²) in [5.74, 6) is 0.928. The van der Waals surface area contributed by atoms with E-state index in [0.29, 0.717) is 23.6 Å². The Morgan fingerprint density at radius 1 is 1.32 bits per heavy atom. The summed E-state index contributed by atoms with van der Waals surface area (Å²) in [4.78, 5) is 4.40. The van der Waals surface area contributed by atoms with E-state index >= 15 is 0 Å². The van der Waals surface area contributed by atoms with E-state index in [0.717, 1.165) is 36.3 Å². The fourth-order valence-electron chi connectivity index (χ4n) is 3.28. The van der Waals surface area contributed by atoms with Crippen molar-refractivity contribution in [3.8, 4) is 11.3 Å². The summed E-state index contributed by atoms with van der Waals surface area (Å²) in [6, 6.07) is 3.62. The van der Waals surface area contributed by atoms with Crippen LogP contribution in [0.3, 0.4) is 0 Å². The zero-order valence-electron chi connectivity index (χ0n) is 12.8. The van der Waals surface area contributed by atoms with Crippen molar-refractivity contribution in [2.45, 2.75) is 51.1 Å². The Balaban J connectivity index is 1.65. The highest BCUT2D eigenvalue weighted by Gasteiger charge is 2.31. The van der Waals surface area contributed by atoms with E-state index in [2.05, 4.69) is 11.2 Å². The molecule has 22 heavy (non-hydrogen) atoms. The highest BCUT2D eigenvalue weighted by Crippen LogP contribution is 2.43. The molecule has 0 unspecified atom stereocenters. The molecule has 0 aliphatic heterocycles. The Labute approximate surface area is 129 Å². The van der Waals surface area contributed by atoms with Crippen LogP contribution in [0.2, 0.25) is 0 Å². The number of nitrogens with zero attached hydrogens (tertiary/aromatic N) is 3. The number of aromatic nitrogens is 3. The van der Waals surface area contributed by atoms with Gasteiger partial charge in [0.15, 0.2) is 0 Å². The van der Waals surface area contributed by atoms with Crippen molar-refractivity contribution < 1.29 is 4.39 Å². The van der Waals surface area contributed by atoms with Crippen LogP contribution in [0, 0.1) is 18.7 Å². The highest BCUT2D eigenvalue weighted by molar-refractivity contribution is 5.62. The summed E-state index contributed by atoms with van der Waals surface area (Å²) in [5.41, 5.74) is 9.33. The molecular weight excluding hydrogens is 279 g/mol. The van der Waals surface area contributed by atoms with Gasteiger partial charge in [0.05, 0.1) is 17.1 Å². The fraction of sp³-hybridized carbons (Fsp3) is 0.529. The van der Waals surface area contributed by atoms with Gasteiger partial charge in [-0.3, -0.25) is 4.68 Å². The van der Waals surface area contributed by atoms with Gasteiger partial charge in [0.2, 0.25) is 0 Å². The number of halogens is 1. The Bertz CT molecular complexity index is 699. The third-order valence-electron chi connectivity index (χ3n) is 4.77. The molecule has 2 aromatic heterocycles. The average Bonchev–Trinajstić information content (AvgIpc) is 3.22. The largest absolute Gasteiger partial charge is 0.328 e. The number of pyridine rings is 1. The van der Waals surface area contributed by atoms with Gasteiger partial charge in [-0.2, -0.15) is 5.10 Å². The van der Waals surface area contributed by atoms with Gasteiger partial charge in [-0.1, -0.05) is 0 Å². The Morgan fingerprint density at radius 3 is 2.73 bits per heavy atom. The Morgan fingerprint density at radius 2 is 2.09 bits per heavy atom. The minimum atomic E-state index is -0.257. The average molecular weight is 300 g/mol. The lowest BCUT2D eigenvalue weighted by Gasteiger charge is -2.32. The van der Waals surface area contributed by atoms with Crippen LogP contribution in [-0.2, 0) is 6.54 Å². The number of hydrogen-bond acceptors (Lipinski definition) is 3. The lowest BCUT2D eigenvalue weighted by atomic mass is 9.81. The topological polar surface area (TPSA) is 56.7 Å². The van der Waals surface area contributed by atoms with E-state index in [4.69, 9.17) is 10.8 Å². The van der Waals surface area contributed by atoms with Crippen LogP contribution in [-0.4, -0.2) is 20.8 Å². The van der Waals surface area contributed by atoms with Crippen LogP contribution in [0.25, 0.3) is 11.3 Å². The molecule has 0 amide bonds. The molecule has 4 rings (SSSR count). The molecule has 0 radical (unpaired) electrons. The molecule has 2 aliphatic rings. The molecular formula is C17H21FN4. The van der Waals surface area contributed by atoms with Gasteiger partial charge in [0.1, 0.15) is 5.82 Å². The second-order valence-electron chi connectivity index (χ2n) is 6.79. The minimum Gasteiger partial charge on any atom is -0.328 e.